The summed E-state index contributed by atoms with van der Waals surface area (Å²) in [6.45, 7) is 4.65. The maximum Gasteiger partial charge on any atom is 0.120 e. The first kappa shape index (κ1) is 13.3. The molecule has 18 heavy (non-hydrogen) atoms. The quantitative estimate of drug-likeness (QED) is 0.870. The van der Waals surface area contributed by atoms with Crippen LogP contribution in [0.3, 0.4) is 0 Å². The number of hydrogen-bond acceptors (Lipinski definition) is 4. The van der Waals surface area contributed by atoms with E-state index in [0.29, 0.717) is 6.61 Å². The van der Waals surface area contributed by atoms with E-state index in [1.165, 1.54) is 20.5 Å². The summed E-state index contributed by atoms with van der Waals surface area (Å²) >= 11 is 1.81. The highest BCUT2D eigenvalue weighted by Crippen LogP contribution is 2.34. The van der Waals surface area contributed by atoms with Gasteiger partial charge in [-0.05, 0) is 30.1 Å². The van der Waals surface area contributed by atoms with Crippen LogP contribution in [0.4, 0.5) is 0 Å². The number of hydrogen-bond donors (Lipinski definition) is 1. The average molecular weight is 265 g/mol. The molecule has 1 N–H and O–H groups in total. The summed E-state index contributed by atoms with van der Waals surface area (Å²) in [4.78, 5) is 1.35. The van der Waals surface area contributed by atoms with Crippen molar-refractivity contribution in [3.05, 3.63) is 28.6 Å². The number of thiophene rings is 1. The fourth-order valence-electron chi connectivity index (χ4n) is 1.99. The molecule has 1 aromatic carbocycles. The lowest BCUT2D eigenvalue weighted by molar-refractivity contribution is 0.185. The molecule has 4 heteroatoms. The lowest BCUT2D eigenvalue weighted by atomic mass is 10.1. The minimum absolute atomic E-state index is 0.660. The zero-order valence-corrected chi connectivity index (χ0v) is 11.9. The van der Waals surface area contributed by atoms with E-state index in [2.05, 4.69) is 24.4 Å². The summed E-state index contributed by atoms with van der Waals surface area (Å²) in [5.41, 5.74) is 1.29. The van der Waals surface area contributed by atoms with Crippen LogP contribution >= 0.6 is 11.3 Å². The third-order valence-corrected chi connectivity index (χ3v) is 4.10. The van der Waals surface area contributed by atoms with Crippen molar-refractivity contribution in [2.24, 2.45) is 0 Å². The Morgan fingerprint density at radius 2 is 2.11 bits per heavy atom. The number of benzene rings is 1. The molecule has 98 valence electrons. The van der Waals surface area contributed by atoms with Gasteiger partial charge in [-0.2, -0.15) is 0 Å². The van der Waals surface area contributed by atoms with E-state index in [9.17, 15) is 0 Å². The molecule has 0 unspecified atom stereocenters. The molecule has 0 saturated carbocycles. The molecule has 0 atom stereocenters. The molecule has 2 rings (SSSR count). The zero-order valence-electron chi connectivity index (χ0n) is 11.1. The van der Waals surface area contributed by atoms with E-state index in [4.69, 9.17) is 9.47 Å². The van der Waals surface area contributed by atoms with Gasteiger partial charge in [-0.1, -0.05) is 6.92 Å². The van der Waals surface area contributed by atoms with Crippen LogP contribution in [0.1, 0.15) is 17.4 Å². The highest BCUT2D eigenvalue weighted by atomic mass is 32.1. The minimum Gasteiger partial charge on any atom is -0.497 e. The summed E-state index contributed by atoms with van der Waals surface area (Å²) in [6.07, 6.45) is 0. The lowest BCUT2D eigenvalue weighted by Crippen LogP contribution is -2.11. The highest BCUT2D eigenvalue weighted by Gasteiger charge is 2.12. The van der Waals surface area contributed by atoms with E-state index in [-0.39, 0.29) is 0 Å². The monoisotopic (exact) mass is 265 g/mol. The Hall–Kier alpha value is -1.10. The van der Waals surface area contributed by atoms with Crippen LogP contribution in [-0.4, -0.2) is 20.8 Å². The average Bonchev–Trinajstić information content (AvgIpc) is 2.74. The fourth-order valence-corrected chi connectivity index (χ4v) is 3.20. The van der Waals surface area contributed by atoms with Crippen LogP contribution in [0.25, 0.3) is 10.1 Å². The Morgan fingerprint density at radius 1 is 1.28 bits per heavy atom. The van der Waals surface area contributed by atoms with Gasteiger partial charge in [0.05, 0.1) is 13.7 Å². The molecule has 0 bridgehead atoms. The summed E-state index contributed by atoms with van der Waals surface area (Å²) in [7, 11) is 3.44. The van der Waals surface area contributed by atoms with E-state index < -0.39 is 0 Å². The normalized spacial score (nSPS) is 11.1. The number of methoxy groups -OCH3 is 2. The molecular formula is C14H19NO2S. The first-order valence-corrected chi connectivity index (χ1v) is 6.89. The first-order chi connectivity index (χ1) is 8.80. The lowest BCUT2D eigenvalue weighted by Gasteiger charge is -2.04. The largest absolute Gasteiger partial charge is 0.497 e. The van der Waals surface area contributed by atoms with Crippen molar-refractivity contribution >= 4 is 21.4 Å². The van der Waals surface area contributed by atoms with Crippen molar-refractivity contribution in [1.82, 2.24) is 5.32 Å². The van der Waals surface area contributed by atoms with Crippen LogP contribution in [0.5, 0.6) is 5.75 Å². The number of ether oxygens (including phenoxy) is 2. The van der Waals surface area contributed by atoms with Gasteiger partial charge in [-0.3, -0.25) is 0 Å². The molecule has 0 aliphatic heterocycles. The van der Waals surface area contributed by atoms with Crippen LogP contribution < -0.4 is 10.1 Å². The van der Waals surface area contributed by atoms with Gasteiger partial charge >= 0.3 is 0 Å². The van der Waals surface area contributed by atoms with Crippen molar-refractivity contribution in [2.45, 2.75) is 20.1 Å². The molecule has 3 nitrogen and oxygen atoms in total. The van der Waals surface area contributed by atoms with Gasteiger partial charge in [0.2, 0.25) is 0 Å². The van der Waals surface area contributed by atoms with Crippen LogP contribution in [-0.2, 0) is 17.9 Å². The molecule has 0 radical (unpaired) electrons. The van der Waals surface area contributed by atoms with Gasteiger partial charge in [-0.15, -0.1) is 11.3 Å². The standard InChI is InChI=1S/C14H19NO2S/c1-4-15-8-14-12(9-16-2)11-6-5-10(17-3)7-13(11)18-14/h5-7,15H,4,8-9H2,1-3H3. The van der Waals surface area contributed by atoms with Crippen molar-refractivity contribution in [3.8, 4) is 5.75 Å². The van der Waals surface area contributed by atoms with Gasteiger partial charge in [-0.25, -0.2) is 0 Å². The highest BCUT2D eigenvalue weighted by molar-refractivity contribution is 7.19. The maximum atomic E-state index is 5.32. The van der Waals surface area contributed by atoms with Gasteiger partial charge in [0.15, 0.2) is 0 Å². The molecule has 2 aromatic rings. The van der Waals surface area contributed by atoms with Crippen molar-refractivity contribution in [3.63, 3.8) is 0 Å². The van der Waals surface area contributed by atoms with E-state index in [0.717, 1.165) is 18.8 Å². The van der Waals surface area contributed by atoms with Crippen LogP contribution in [0.2, 0.25) is 0 Å². The second-order valence-corrected chi connectivity index (χ2v) is 5.22. The maximum absolute atomic E-state index is 5.32. The fraction of sp³-hybridized carbons (Fsp3) is 0.429. The second kappa shape index (κ2) is 6.18. The Kier molecular flexibility index (Phi) is 4.58. The molecule has 0 aliphatic rings. The van der Waals surface area contributed by atoms with Crippen molar-refractivity contribution in [2.75, 3.05) is 20.8 Å². The van der Waals surface area contributed by atoms with Gasteiger partial charge in [0.25, 0.3) is 0 Å². The first-order valence-electron chi connectivity index (χ1n) is 6.08. The molecular weight excluding hydrogens is 246 g/mol. The van der Waals surface area contributed by atoms with Crippen LogP contribution in [0.15, 0.2) is 18.2 Å². The summed E-state index contributed by atoms with van der Waals surface area (Å²) in [5, 5.41) is 4.65. The summed E-state index contributed by atoms with van der Waals surface area (Å²) in [6, 6.07) is 6.22. The molecule has 0 fully saturated rings. The van der Waals surface area contributed by atoms with Crippen molar-refractivity contribution in [1.29, 1.82) is 0 Å². The molecule has 1 heterocycles. The molecule has 0 aliphatic carbocycles. The molecule has 0 spiro atoms. The van der Waals surface area contributed by atoms with Gasteiger partial charge < -0.3 is 14.8 Å². The van der Waals surface area contributed by atoms with E-state index in [1.54, 1.807) is 14.2 Å². The van der Waals surface area contributed by atoms with Crippen molar-refractivity contribution < 1.29 is 9.47 Å². The van der Waals surface area contributed by atoms with E-state index in [1.807, 2.05) is 17.4 Å². The smallest absolute Gasteiger partial charge is 0.120 e. The minimum atomic E-state index is 0.660. The topological polar surface area (TPSA) is 30.5 Å². The third-order valence-electron chi connectivity index (χ3n) is 2.91. The zero-order chi connectivity index (χ0) is 13.0. The number of rotatable bonds is 6. The predicted molar refractivity (Wildman–Crippen MR) is 76.5 cm³/mol. The van der Waals surface area contributed by atoms with E-state index >= 15 is 0 Å². The Morgan fingerprint density at radius 3 is 2.78 bits per heavy atom. The molecule has 1 aromatic heterocycles. The van der Waals surface area contributed by atoms with Crippen LogP contribution in [0, 0.1) is 0 Å². The SMILES string of the molecule is CCNCc1sc2cc(OC)ccc2c1COC. The predicted octanol–water partition coefficient (Wildman–Crippen LogP) is 3.17. The Balaban J connectivity index is 2.44. The summed E-state index contributed by atoms with van der Waals surface area (Å²) in [5.74, 6) is 0.905. The third kappa shape index (κ3) is 2.66. The molecule has 0 saturated heterocycles. The molecule has 0 amide bonds. The Bertz CT molecular complexity index is 522. The van der Waals surface area contributed by atoms with Gasteiger partial charge in [0, 0.05) is 28.8 Å². The summed E-state index contributed by atoms with van der Waals surface area (Å²) < 4.78 is 11.9. The number of nitrogens with one attached hydrogen (secondary N) is 1. The number of fused-ring (bicyclic) bond motifs is 1. The second-order valence-electron chi connectivity index (χ2n) is 4.08. The Labute approximate surface area is 112 Å². The van der Waals surface area contributed by atoms with Gasteiger partial charge in [0.1, 0.15) is 5.75 Å².